The second-order valence-electron chi connectivity index (χ2n) is 9.46. The normalized spacial score (nSPS) is 12.8. The number of nitro groups is 1. The lowest BCUT2D eigenvalue weighted by Gasteiger charge is -2.24. The third-order valence-corrected chi connectivity index (χ3v) is 3.88. The molecular formula is C22H32N6O7. The van der Waals surface area contributed by atoms with Gasteiger partial charge in [0.15, 0.2) is 0 Å². The third kappa shape index (κ3) is 10.1. The minimum absolute atomic E-state index is 0.184. The van der Waals surface area contributed by atoms with Crippen molar-refractivity contribution in [3.05, 3.63) is 64.7 Å². The molecule has 1 unspecified atom stereocenters. The Hall–Kier alpha value is -4.16. The number of nitrogens with zero attached hydrogens (tertiary/aromatic N) is 3. The quantitative estimate of drug-likeness (QED) is 0.279. The topological polar surface area (TPSA) is 181 Å². The van der Waals surface area contributed by atoms with E-state index in [1.807, 2.05) is 0 Å². The number of allylic oxidation sites excluding steroid dienone is 1. The maximum absolute atomic E-state index is 13.1. The van der Waals surface area contributed by atoms with Gasteiger partial charge in [-0.1, -0.05) is 6.58 Å². The molecule has 0 saturated heterocycles. The molecule has 1 aromatic rings. The second kappa shape index (κ2) is 11.3. The first kappa shape index (κ1) is 28.9. The van der Waals surface area contributed by atoms with Crippen LogP contribution in [-0.4, -0.2) is 49.8 Å². The van der Waals surface area contributed by atoms with E-state index in [0.29, 0.717) is 0 Å². The van der Waals surface area contributed by atoms with Crippen molar-refractivity contribution in [1.29, 1.82) is 0 Å². The van der Waals surface area contributed by atoms with Gasteiger partial charge in [-0.15, -0.1) is 0 Å². The van der Waals surface area contributed by atoms with E-state index < -0.39 is 46.0 Å². The maximum Gasteiger partial charge on any atom is 0.420 e. The summed E-state index contributed by atoms with van der Waals surface area (Å²) < 4.78 is 11.7. The SMILES string of the molecule is C=C(N)/C(=C\C(=C)[N+](=O)[O-])NC(=O)C(Cc1cncn1C(=O)OC(C)(C)C)NC(=O)OC(C)(C)C. The molecule has 13 nitrogen and oxygen atoms in total. The van der Waals surface area contributed by atoms with E-state index in [-0.39, 0.29) is 23.5 Å². The molecule has 1 atom stereocenters. The summed E-state index contributed by atoms with van der Waals surface area (Å²) in [6.45, 7) is 16.7. The Bertz CT molecular complexity index is 1040. The lowest BCUT2D eigenvalue weighted by Crippen LogP contribution is -2.49. The van der Waals surface area contributed by atoms with Crippen molar-refractivity contribution in [3.8, 4) is 0 Å². The van der Waals surface area contributed by atoms with Gasteiger partial charge >= 0.3 is 12.2 Å². The summed E-state index contributed by atoms with van der Waals surface area (Å²) >= 11 is 0. The fourth-order valence-corrected chi connectivity index (χ4v) is 2.47. The van der Waals surface area contributed by atoms with Crippen LogP contribution in [0.25, 0.3) is 0 Å². The molecule has 0 bridgehead atoms. The van der Waals surface area contributed by atoms with Gasteiger partial charge in [-0.05, 0) is 48.1 Å². The van der Waals surface area contributed by atoms with Gasteiger partial charge in [0, 0.05) is 24.4 Å². The highest BCUT2D eigenvalue weighted by Crippen LogP contribution is 2.13. The van der Waals surface area contributed by atoms with Gasteiger partial charge in [0.25, 0.3) is 5.70 Å². The number of aromatic nitrogens is 2. The molecule has 192 valence electrons. The molecule has 4 N–H and O–H groups in total. The van der Waals surface area contributed by atoms with Crippen LogP contribution < -0.4 is 16.4 Å². The third-order valence-electron chi connectivity index (χ3n) is 3.88. The van der Waals surface area contributed by atoms with E-state index in [4.69, 9.17) is 15.2 Å². The summed E-state index contributed by atoms with van der Waals surface area (Å²) in [6, 6.07) is -1.31. The zero-order valence-corrected chi connectivity index (χ0v) is 20.7. The molecule has 1 aromatic heterocycles. The average molecular weight is 493 g/mol. The summed E-state index contributed by atoms with van der Waals surface area (Å²) in [7, 11) is 0. The molecule has 0 radical (unpaired) electrons. The van der Waals surface area contributed by atoms with Crippen LogP contribution >= 0.6 is 0 Å². The van der Waals surface area contributed by atoms with Crippen LogP contribution in [0.15, 0.2) is 48.8 Å². The largest absolute Gasteiger partial charge is 0.444 e. The second-order valence-corrected chi connectivity index (χ2v) is 9.46. The van der Waals surface area contributed by atoms with Crippen molar-refractivity contribution < 1.29 is 28.8 Å². The molecule has 1 heterocycles. The Balaban J connectivity index is 3.28. The highest BCUT2D eigenvalue weighted by molar-refractivity contribution is 5.87. The van der Waals surface area contributed by atoms with Gasteiger partial charge < -0.3 is 25.8 Å². The van der Waals surface area contributed by atoms with Gasteiger partial charge in [-0.3, -0.25) is 14.9 Å². The van der Waals surface area contributed by atoms with E-state index >= 15 is 0 Å². The number of imidazole rings is 1. The fraction of sp³-hybridized carbons (Fsp3) is 0.455. The highest BCUT2D eigenvalue weighted by Gasteiger charge is 2.28. The molecule has 35 heavy (non-hydrogen) atoms. The summed E-state index contributed by atoms with van der Waals surface area (Å²) in [5, 5.41) is 15.7. The Morgan fingerprint density at radius 3 is 2.26 bits per heavy atom. The van der Waals surface area contributed by atoms with Crippen LogP contribution in [0, 0.1) is 10.1 Å². The Labute approximate surface area is 203 Å². The number of ether oxygens (including phenoxy) is 2. The van der Waals surface area contributed by atoms with Gasteiger partial charge in [-0.2, -0.15) is 0 Å². The van der Waals surface area contributed by atoms with Gasteiger partial charge in [0.05, 0.1) is 16.3 Å². The van der Waals surface area contributed by atoms with E-state index in [1.54, 1.807) is 41.5 Å². The molecule has 2 amide bonds. The first-order chi connectivity index (χ1) is 15.9. The van der Waals surface area contributed by atoms with Crippen molar-refractivity contribution in [3.63, 3.8) is 0 Å². The average Bonchev–Trinajstić information content (AvgIpc) is 3.12. The summed E-state index contributed by atoms with van der Waals surface area (Å²) in [5.74, 6) is -0.818. The first-order valence-electron chi connectivity index (χ1n) is 10.4. The first-order valence-corrected chi connectivity index (χ1v) is 10.4. The number of carbonyl (C=O) groups excluding carboxylic acids is 3. The number of nitrogens with two attached hydrogens (primary N) is 1. The van der Waals surface area contributed by atoms with Gasteiger partial charge in [0.1, 0.15) is 23.6 Å². The Kier molecular flexibility index (Phi) is 9.33. The van der Waals surface area contributed by atoms with Crippen molar-refractivity contribution >= 4 is 18.1 Å². The van der Waals surface area contributed by atoms with Gasteiger partial charge in [-0.25, -0.2) is 19.1 Å². The number of nitrogens with one attached hydrogen (secondary N) is 2. The Morgan fingerprint density at radius 2 is 1.77 bits per heavy atom. The van der Waals surface area contributed by atoms with Gasteiger partial charge in [0.2, 0.25) is 5.91 Å². The van der Waals surface area contributed by atoms with Crippen LogP contribution in [0.4, 0.5) is 9.59 Å². The molecule has 0 fully saturated rings. The summed E-state index contributed by atoms with van der Waals surface area (Å²) in [4.78, 5) is 52.1. The minimum Gasteiger partial charge on any atom is -0.444 e. The van der Waals surface area contributed by atoms with Crippen molar-refractivity contribution in [2.75, 3.05) is 0 Å². The fourth-order valence-electron chi connectivity index (χ4n) is 2.47. The predicted octanol–water partition coefficient (Wildman–Crippen LogP) is 2.36. The summed E-state index contributed by atoms with van der Waals surface area (Å²) in [5.41, 5.74) is 3.32. The van der Waals surface area contributed by atoms with E-state index in [1.165, 1.54) is 12.5 Å². The standard InChI is InChI=1S/C22H32N6O7/c1-13(28(32)33)9-16(14(2)23)25-18(29)17(26-19(30)34-21(3,4)5)10-15-11-24-12-27(15)20(31)35-22(6,7)8/h9,11-12,17H,1-2,10,23H2,3-8H3,(H,25,29)(H,26,30)/b16-9+. The number of carbonyl (C=O) groups is 3. The minimum atomic E-state index is -1.31. The highest BCUT2D eigenvalue weighted by atomic mass is 16.6. The van der Waals surface area contributed by atoms with Crippen LogP contribution in [0.2, 0.25) is 0 Å². The number of rotatable bonds is 8. The number of hydrogen-bond donors (Lipinski definition) is 3. The number of hydrogen-bond acceptors (Lipinski definition) is 9. The molecule has 0 aromatic carbocycles. The maximum atomic E-state index is 13.1. The van der Waals surface area contributed by atoms with Crippen molar-refractivity contribution in [1.82, 2.24) is 20.2 Å². The van der Waals surface area contributed by atoms with Crippen molar-refractivity contribution in [2.24, 2.45) is 5.73 Å². The zero-order chi connectivity index (χ0) is 27.1. The van der Waals surface area contributed by atoms with Crippen LogP contribution in [0.1, 0.15) is 47.2 Å². The van der Waals surface area contributed by atoms with Crippen LogP contribution in [0.3, 0.4) is 0 Å². The van der Waals surface area contributed by atoms with Crippen LogP contribution in [-0.2, 0) is 20.7 Å². The smallest absolute Gasteiger partial charge is 0.420 e. The molecule has 0 aliphatic heterocycles. The molecule has 13 heteroatoms. The molecule has 0 aliphatic carbocycles. The molecule has 0 spiro atoms. The Morgan fingerprint density at radius 1 is 1.20 bits per heavy atom. The molecule has 0 saturated carbocycles. The lowest BCUT2D eigenvalue weighted by molar-refractivity contribution is -0.418. The number of alkyl carbamates (subject to hydrolysis) is 1. The number of amides is 2. The molecule has 1 rings (SSSR count). The lowest BCUT2D eigenvalue weighted by atomic mass is 10.1. The zero-order valence-electron chi connectivity index (χ0n) is 20.7. The molecule has 0 aliphatic rings. The predicted molar refractivity (Wildman–Crippen MR) is 126 cm³/mol. The van der Waals surface area contributed by atoms with E-state index in [2.05, 4.69) is 28.8 Å². The van der Waals surface area contributed by atoms with Crippen LogP contribution in [0.5, 0.6) is 0 Å². The summed E-state index contributed by atoms with van der Waals surface area (Å²) in [6.07, 6.45) is 1.60. The van der Waals surface area contributed by atoms with Crippen molar-refractivity contribution in [2.45, 2.75) is 65.2 Å². The monoisotopic (exact) mass is 492 g/mol. The van der Waals surface area contributed by atoms with E-state index in [9.17, 15) is 24.5 Å². The van der Waals surface area contributed by atoms with E-state index in [0.717, 1.165) is 10.6 Å². The molecular weight excluding hydrogens is 460 g/mol.